The van der Waals surface area contributed by atoms with Crippen molar-refractivity contribution in [2.75, 3.05) is 18.0 Å². The third kappa shape index (κ3) is 5.23. The lowest BCUT2D eigenvalue weighted by Gasteiger charge is -2.34. The van der Waals surface area contributed by atoms with Gasteiger partial charge in [0.2, 0.25) is 5.91 Å². The maximum Gasteiger partial charge on any atom is 0.264 e. The maximum absolute atomic E-state index is 12.3. The molecule has 1 aromatic rings. The third-order valence-corrected chi connectivity index (χ3v) is 6.44. The fraction of sp³-hybridized carbons (Fsp3) is 0.579. The molecule has 1 N–H and O–H groups in total. The van der Waals surface area contributed by atoms with Gasteiger partial charge in [-0.15, -0.1) is 0 Å². The van der Waals surface area contributed by atoms with Gasteiger partial charge < -0.3 is 4.90 Å². The summed E-state index contributed by atoms with van der Waals surface area (Å²) >= 11 is 6.33. The van der Waals surface area contributed by atoms with E-state index in [1.54, 1.807) is 19.9 Å². The fourth-order valence-electron chi connectivity index (χ4n) is 3.10. The topological polar surface area (TPSA) is 83.6 Å². The highest BCUT2D eigenvalue weighted by Crippen LogP contribution is 2.32. The van der Waals surface area contributed by atoms with Crippen molar-refractivity contribution in [2.24, 2.45) is 17.8 Å². The number of ketones is 1. The molecule has 27 heavy (non-hydrogen) atoms. The van der Waals surface area contributed by atoms with Crippen LogP contribution in [0.1, 0.15) is 40.5 Å². The Hall–Kier alpha value is -1.60. The number of hydrogen-bond donors (Lipinski definition) is 1. The van der Waals surface area contributed by atoms with E-state index in [1.165, 1.54) is 12.1 Å². The number of piperidine rings is 1. The molecule has 150 valence electrons. The highest BCUT2D eigenvalue weighted by atomic mass is 35.5. The molecular formula is C19H27ClN2O4S. The molecule has 0 saturated carbocycles. The molecule has 1 aliphatic rings. The van der Waals surface area contributed by atoms with Crippen molar-refractivity contribution in [2.45, 2.75) is 45.4 Å². The summed E-state index contributed by atoms with van der Waals surface area (Å²) in [6.45, 7) is 8.47. The van der Waals surface area contributed by atoms with Crippen molar-refractivity contribution < 1.29 is 18.0 Å². The third-order valence-electron chi connectivity index (χ3n) is 4.80. The molecule has 8 heteroatoms. The summed E-state index contributed by atoms with van der Waals surface area (Å²) < 4.78 is 26.7. The lowest BCUT2D eigenvalue weighted by atomic mass is 9.87. The molecule has 0 radical (unpaired) electrons. The molecule has 0 spiro atoms. The SMILES string of the molecule is CC(C)C(=O)NS(=O)(=O)c1ccc(N2CCC(C(=O)C(C)C)CC2)c(Cl)c1. The molecular weight excluding hydrogens is 388 g/mol. The molecule has 1 aromatic carbocycles. The predicted molar refractivity (Wildman–Crippen MR) is 106 cm³/mol. The average molecular weight is 415 g/mol. The number of carbonyl (C=O) groups excluding carboxylic acids is 2. The lowest BCUT2D eigenvalue weighted by Crippen LogP contribution is -2.37. The van der Waals surface area contributed by atoms with Gasteiger partial charge in [0.1, 0.15) is 5.78 Å². The first-order chi connectivity index (χ1) is 12.5. The Labute approximate surface area is 166 Å². The van der Waals surface area contributed by atoms with Crippen molar-refractivity contribution in [3.8, 4) is 0 Å². The summed E-state index contributed by atoms with van der Waals surface area (Å²) in [5.74, 6) is -0.596. The van der Waals surface area contributed by atoms with Crippen LogP contribution < -0.4 is 9.62 Å². The Morgan fingerprint density at radius 1 is 1.11 bits per heavy atom. The van der Waals surface area contributed by atoms with Crippen LogP contribution in [-0.4, -0.2) is 33.2 Å². The Kier molecular flexibility index (Phi) is 6.92. The first kappa shape index (κ1) is 21.7. The van der Waals surface area contributed by atoms with Gasteiger partial charge in [-0.05, 0) is 31.0 Å². The number of nitrogens with zero attached hydrogens (tertiary/aromatic N) is 1. The van der Waals surface area contributed by atoms with Crippen molar-refractivity contribution in [1.29, 1.82) is 0 Å². The van der Waals surface area contributed by atoms with Gasteiger partial charge in [-0.25, -0.2) is 13.1 Å². The van der Waals surface area contributed by atoms with Crippen molar-refractivity contribution in [3.63, 3.8) is 0 Å². The van der Waals surface area contributed by atoms with Crippen LogP contribution >= 0.6 is 11.6 Å². The van der Waals surface area contributed by atoms with E-state index in [2.05, 4.69) is 9.62 Å². The second-order valence-corrected chi connectivity index (χ2v) is 9.65. The van der Waals surface area contributed by atoms with Gasteiger partial charge in [0, 0.05) is 30.8 Å². The summed E-state index contributed by atoms with van der Waals surface area (Å²) in [5, 5.41) is 0.309. The fourth-order valence-corrected chi connectivity index (χ4v) is 4.60. The first-order valence-corrected chi connectivity index (χ1v) is 11.0. The molecule has 1 fully saturated rings. The number of halogens is 1. The average Bonchev–Trinajstić information content (AvgIpc) is 2.60. The number of rotatable bonds is 6. The van der Waals surface area contributed by atoms with Gasteiger partial charge in [0.25, 0.3) is 10.0 Å². The summed E-state index contributed by atoms with van der Waals surface area (Å²) in [4.78, 5) is 25.9. The number of hydrogen-bond acceptors (Lipinski definition) is 5. The highest BCUT2D eigenvalue weighted by Gasteiger charge is 2.28. The summed E-state index contributed by atoms with van der Waals surface area (Å²) in [6, 6.07) is 4.46. The number of benzene rings is 1. The zero-order valence-corrected chi connectivity index (χ0v) is 17.7. The van der Waals surface area contributed by atoms with E-state index in [4.69, 9.17) is 11.6 Å². The Balaban J connectivity index is 2.12. The van der Waals surface area contributed by atoms with Crippen LogP contribution in [0.15, 0.2) is 23.1 Å². The Bertz CT molecular complexity index is 813. The van der Waals surface area contributed by atoms with Gasteiger partial charge in [-0.3, -0.25) is 9.59 Å². The number of amides is 1. The van der Waals surface area contributed by atoms with Crippen molar-refractivity contribution in [1.82, 2.24) is 4.72 Å². The van der Waals surface area contributed by atoms with Gasteiger partial charge in [-0.2, -0.15) is 0 Å². The predicted octanol–water partition coefficient (Wildman–Crippen LogP) is 3.24. The Morgan fingerprint density at radius 2 is 1.70 bits per heavy atom. The minimum absolute atomic E-state index is 0.0377. The normalized spacial score (nSPS) is 16.0. The highest BCUT2D eigenvalue weighted by molar-refractivity contribution is 7.90. The van der Waals surface area contributed by atoms with Gasteiger partial charge in [0.05, 0.1) is 15.6 Å². The quantitative estimate of drug-likeness (QED) is 0.772. The largest absolute Gasteiger partial charge is 0.370 e. The Morgan fingerprint density at radius 3 is 2.19 bits per heavy atom. The van der Waals surface area contributed by atoms with E-state index >= 15 is 0 Å². The zero-order chi connectivity index (χ0) is 20.4. The van der Waals surface area contributed by atoms with Gasteiger partial charge in [-0.1, -0.05) is 39.3 Å². The molecule has 1 saturated heterocycles. The standard InChI is InChI=1S/C19H27ClN2O4S/c1-12(2)18(23)14-7-9-22(10-8-14)17-6-5-15(11-16(17)20)27(25,26)21-19(24)13(3)4/h5-6,11-14H,7-10H2,1-4H3,(H,21,24). The molecule has 1 heterocycles. The van der Waals surface area contributed by atoms with Crippen LogP contribution in [0.25, 0.3) is 0 Å². The molecule has 6 nitrogen and oxygen atoms in total. The molecule has 1 amide bonds. The van der Waals surface area contributed by atoms with Crippen LogP contribution in [-0.2, 0) is 19.6 Å². The van der Waals surface area contributed by atoms with Crippen molar-refractivity contribution >= 4 is 39.0 Å². The van der Waals surface area contributed by atoms with Crippen LogP contribution in [0.2, 0.25) is 5.02 Å². The second-order valence-electron chi connectivity index (χ2n) is 7.56. The molecule has 0 bridgehead atoms. The van der Waals surface area contributed by atoms with E-state index in [-0.39, 0.29) is 16.7 Å². The summed E-state index contributed by atoms with van der Waals surface area (Å²) in [6.07, 6.45) is 1.52. The molecule has 0 atom stereocenters. The summed E-state index contributed by atoms with van der Waals surface area (Å²) in [5.41, 5.74) is 0.737. The van der Waals surface area contributed by atoms with E-state index in [0.717, 1.165) is 18.5 Å². The number of Topliss-reactive ketones (excluding diaryl/α,β-unsaturated/α-hetero) is 1. The second kappa shape index (κ2) is 8.61. The number of carbonyl (C=O) groups is 2. The maximum atomic E-state index is 12.3. The van der Waals surface area contributed by atoms with Gasteiger partial charge >= 0.3 is 0 Å². The molecule has 0 aromatic heterocycles. The van der Waals surface area contributed by atoms with Crippen molar-refractivity contribution in [3.05, 3.63) is 23.2 Å². The summed E-state index contributed by atoms with van der Waals surface area (Å²) in [7, 11) is -3.95. The molecule has 0 aliphatic carbocycles. The van der Waals surface area contributed by atoms with Crippen LogP contribution in [0.5, 0.6) is 0 Å². The van der Waals surface area contributed by atoms with E-state index in [1.807, 2.05) is 13.8 Å². The molecule has 0 unspecified atom stereocenters. The van der Waals surface area contributed by atoms with Gasteiger partial charge in [0.15, 0.2) is 0 Å². The van der Waals surface area contributed by atoms with Crippen LogP contribution in [0, 0.1) is 17.8 Å². The number of sulfonamides is 1. The number of anilines is 1. The van der Waals surface area contributed by atoms with Crippen LogP contribution in [0.3, 0.4) is 0 Å². The van der Waals surface area contributed by atoms with Crippen LogP contribution in [0.4, 0.5) is 5.69 Å². The first-order valence-electron chi connectivity index (χ1n) is 9.17. The van der Waals surface area contributed by atoms with E-state index in [9.17, 15) is 18.0 Å². The lowest BCUT2D eigenvalue weighted by molar-refractivity contribution is -0.126. The van der Waals surface area contributed by atoms with E-state index in [0.29, 0.717) is 23.9 Å². The minimum Gasteiger partial charge on any atom is -0.370 e. The zero-order valence-electron chi connectivity index (χ0n) is 16.2. The monoisotopic (exact) mass is 414 g/mol. The number of nitrogens with one attached hydrogen (secondary N) is 1. The molecule has 1 aliphatic heterocycles. The smallest absolute Gasteiger partial charge is 0.264 e. The molecule has 2 rings (SSSR count). The minimum atomic E-state index is -3.95. The van der Waals surface area contributed by atoms with E-state index < -0.39 is 21.8 Å².